The molecule has 0 aromatic carbocycles. The van der Waals surface area contributed by atoms with Crippen molar-refractivity contribution < 1.29 is 24.5 Å². The lowest BCUT2D eigenvalue weighted by Crippen LogP contribution is -2.45. The Balaban J connectivity index is 3.36. The molecule has 2 atom stereocenters. The van der Waals surface area contributed by atoms with Gasteiger partial charge in [-0.3, -0.25) is 9.59 Å². The molecule has 0 fully saturated rings. The van der Waals surface area contributed by atoms with Crippen LogP contribution in [0.5, 0.6) is 0 Å². The van der Waals surface area contributed by atoms with Crippen LogP contribution in [-0.4, -0.2) is 47.4 Å². The minimum absolute atomic E-state index is 0.0114. The summed E-state index contributed by atoms with van der Waals surface area (Å²) in [5.41, 5.74) is 0. The minimum atomic E-state index is -0.663. The first kappa shape index (κ1) is 86.8. The number of esters is 1. The molecule has 2 unspecified atom stereocenters. The molecule has 3 N–H and O–H groups in total. The first-order valence-corrected chi connectivity index (χ1v) is 40.4. The van der Waals surface area contributed by atoms with Gasteiger partial charge in [0.05, 0.1) is 25.4 Å². The van der Waals surface area contributed by atoms with Crippen LogP contribution in [0.2, 0.25) is 0 Å². The predicted octanol–water partition coefficient (Wildman–Crippen LogP) is 26.8. The molecule has 0 heterocycles. The summed E-state index contributed by atoms with van der Waals surface area (Å²) in [6.07, 6.45) is 104. The van der Waals surface area contributed by atoms with Gasteiger partial charge in [-0.25, -0.2) is 0 Å². The van der Waals surface area contributed by atoms with Gasteiger partial charge in [-0.1, -0.05) is 390 Å². The molecule has 89 heavy (non-hydrogen) atoms. The molecule has 6 nitrogen and oxygen atoms in total. The molecule has 0 radical (unpaired) electrons. The summed E-state index contributed by atoms with van der Waals surface area (Å²) in [4.78, 5) is 24.7. The van der Waals surface area contributed by atoms with Crippen LogP contribution in [0.4, 0.5) is 0 Å². The van der Waals surface area contributed by atoms with Gasteiger partial charge >= 0.3 is 5.97 Å². The summed E-state index contributed by atoms with van der Waals surface area (Å²) in [5, 5.41) is 23.4. The second kappa shape index (κ2) is 78.3. The Morgan fingerprint density at radius 1 is 0.315 bits per heavy atom. The number of aliphatic hydroxyl groups is 2. The van der Waals surface area contributed by atoms with Crippen LogP contribution in [0.15, 0.2) is 48.6 Å². The standard InChI is InChI=1S/C83H157NO5/c1-3-5-7-9-11-13-15-17-19-21-44-47-51-55-59-63-67-71-75-81(86)80(79-85)84-82(87)76-72-68-64-60-56-52-48-45-41-39-37-35-33-31-29-27-25-23-22-24-26-28-30-32-34-36-38-40-42-46-50-54-58-62-66-70-74-78-89-83(88)77-73-69-65-61-57-53-49-43-20-18-16-14-12-10-8-6-4-2/h12,14,18,20,22,24,28,30,80-81,85-86H,3-11,13,15-17,19,21,23,25-27,29,31-79H2,1-2H3,(H,84,87)/b14-12-,20-18-,24-22-,30-28-. The van der Waals surface area contributed by atoms with Crippen molar-refractivity contribution in [2.45, 2.75) is 456 Å². The van der Waals surface area contributed by atoms with E-state index in [-0.39, 0.29) is 18.5 Å². The molecule has 1 amide bonds. The average molecular weight is 1250 g/mol. The largest absolute Gasteiger partial charge is 0.466 e. The summed E-state index contributed by atoms with van der Waals surface area (Å²) < 4.78 is 5.50. The highest BCUT2D eigenvalue weighted by Crippen LogP contribution is 2.20. The zero-order valence-electron chi connectivity index (χ0n) is 60.2. The number of nitrogens with one attached hydrogen (secondary N) is 1. The third-order valence-electron chi connectivity index (χ3n) is 18.9. The number of hydrogen-bond acceptors (Lipinski definition) is 5. The number of carbonyl (C=O) groups excluding carboxylic acids is 2. The summed E-state index contributed by atoms with van der Waals surface area (Å²) in [5.74, 6) is -0.0168. The monoisotopic (exact) mass is 1250 g/mol. The number of hydrogen-bond donors (Lipinski definition) is 3. The van der Waals surface area contributed by atoms with Crippen LogP contribution in [-0.2, 0) is 14.3 Å². The van der Waals surface area contributed by atoms with Gasteiger partial charge < -0.3 is 20.3 Å². The van der Waals surface area contributed by atoms with Gasteiger partial charge in [0.25, 0.3) is 0 Å². The molecule has 6 heteroatoms. The average Bonchev–Trinajstić information content (AvgIpc) is 3.68. The Bertz CT molecular complexity index is 1490. The van der Waals surface area contributed by atoms with Crippen LogP contribution in [0.25, 0.3) is 0 Å². The van der Waals surface area contributed by atoms with Gasteiger partial charge in [0.15, 0.2) is 0 Å². The number of rotatable bonds is 76. The summed E-state index contributed by atoms with van der Waals surface area (Å²) >= 11 is 0. The quantitative estimate of drug-likeness (QED) is 0.0320. The highest BCUT2D eigenvalue weighted by molar-refractivity contribution is 5.76. The molecule has 0 aliphatic carbocycles. The van der Waals surface area contributed by atoms with Gasteiger partial charge in [0, 0.05) is 12.8 Å². The fourth-order valence-electron chi connectivity index (χ4n) is 12.7. The van der Waals surface area contributed by atoms with E-state index in [0.717, 1.165) is 57.8 Å². The zero-order valence-corrected chi connectivity index (χ0v) is 60.2. The van der Waals surface area contributed by atoms with Crippen LogP contribution in [0.1, 0.15) is 444 Å². The number of unbranched alkanes of at least 4 members (excludes halogenated alkanes) is 57. The summed E-state index contributed by atoms with van der Waals surface area (Å²) in [6.45, 7) is 4.97. The SMILES string of the molecule is CCCCC/C=C\C/C=C\CCCCCCCCCC(=O)OCCCCCCCCCCCCCCC/C=C\C/C=C\CCCCCCCCCCCCCCCCCCCC(=O)NC(CO)C(O)CCCCCCCCCCCCCCCCCCCC. The number of allylic oxidation sites excluding steroid dienone is 8. The van der Waals surface area contributed by atoms with Crippen LogP contribution in [0, 0.1) is 0 Å². The third-order valence-corrected chi connectivity index (χ3v) is 18.9. The van der Waals surface area contributed by atoms with E-state index in [0.29, 0.717) is 25.9 Å². The van der Waals surface area contributed by atoms with E-state index >= 15 is 0 Å². The predicted molar refractivity (Wildman–Crippen MR) is 393 cm³/mol. The van der Waals surface area contributed by atoms with Crippen molar-refractivity contribution in [1.82, 2.24) is 5.32 Å². The molecule has 0 aromatic rings. The van der Waals surface area contributed by atoms with E-state index in [4.69, 9.17) is 4.74 Å². The van der Waals surface area contributed by atoms with Crippen LogP contribution >= 0.6 is 0 Å². The number of carbonyl (C=O) groups is 2. The number of aliphatic hydroxyl groups excluding tert-OH is 2. The molecule has 0 saturated heterocycles. The Morgan fingerprint density at radius 2 is 0.562 bits per heavy atom. The highest BCUT2D eigenvalue weighted by atomic mass is 16.5. The second-order valence-electron chi connectivity index (χ2n) is 27.7. The smallest absolute Gasteiger partial charge is 0.305 e. The molecule has 0 aromatic heterocycles. The molecule has 0 aliphatic heterocycles. The summed E-state index contributed by atoms with van der Waals surface area (Å²) in [6, 6.07) is -0.540. The lowest BCUT2D eigenvalue weighted by atomic mass is 10.0. The fourth-order valence-corrected chi connectivity index (χ4v) is 12.7. The van der Waals surface area contributed by atoms with Crippen molar-refractivity contribution in [3.63, 3.8) is 0 Å². The molecule has 0 bridgehead atoms. The normalized spacial score (nSPS) is 12.7. The first-order valence-electron chi connectivity index (χ1n) is 40.4. The van der Waals surface area contributed by atoms with Gasteiger partial charge in [-0.15, -0.1) is 0 Å². The Hall–Kier alpha value is -2.18. The summed E-state index contributed by atoms with van der Waals surface area (Å²) in [7, 11) is 0. The van der Waals surface area contributed by atoms with Crippen LogP contribution < -0.4 is 5.32 Å². The molecule has 0 aliphatic rings. The van der Waals surface area contributed by atoms with E-state index in [1.165, 1.54) is 353 Å². The van der Waals surface area contributed by atoms with E-state index in [1.54, 1.807) is 0 Å². The van der Waals surface area contributed by atoms with Crippen molar-refractivity contribution in [2.24, 2.45) is 0 Å². The Morgan fingerprint density at radius 3 is 0.876 bits per heavy atom. The molecule has 0 rings (SSSR count). The Labute approximate surface area is 556 Å². The van der Waals surface area contributed by atoms with Crippen molar-refractivity contribution in [1.29, 1.82) is 0 Å². The minimum Gasteiger partial charge on any atom is -0.466 e. The Kier molecular flexibility index (Phi) is 76.3. The van der Waals surface area contributed by atoms with E-state index < -0.39 is 12.1 Å². The molecular weight excluding hydrogens is 1090 g/mol. The third kappa shape index (κ3) is 74.7. The van der Waals surface area contributed by atoms with Gasteiger partial charge in [-0.05, 0) is 89.9 Å². The van der Waals surface area contributed by atoms with Gasteiger partial charge in [0.1, 0.15) is 0 Å². The van der Waals surface area contributed by atoms with E-state index in [1.807, 2.05) is 0 Å². The number of ether oxygens (including phenoxy) is 1. The fraction of sp³-hybridized carbons (Fsp3) is 0.880. The van der Waals surface area contributed by atoms with Crippen molar-refractivity contribution in [2.75, 3.05) is 13.2 Å². The topological polar surface area (TPSA) is 95.9 Å². The maximum atomic E-state index is 12.5. The first-order chi connectivity index (χ1) is 44.0. The molecular formula is C83H157NO5. The second-order valence-corrected chi connectivity index (χ2v) is 27.7. The molecule has 0 saturated carbocycles. The highest BCUT2D eigenvalue weighted by Gasteiger charge is 2.20. The van der Waals surface area contributed by atoms with Crippen molar-refractivity contribution in [3.8, 4) is 0 Å². The van der Waals surface area contributed by atoms with Crippen LogP contribution in [0.3, 0.4) is 0 Å². The molecule has 0 spiro atoms. The zero-order chi connectivity index (χ0) is 64.2. The maximum Gasteiger partial charge on any atom is 0.305 e. The van der Waals surface area contributed by atoms with Crippen molar-refractivity contribution in [3.05, 3.63) is 48.6 Å². The number of amides is 1. The van der Waals surface area contributed by atoms with Crippen molar-refractivity contribution >= 4 is 11.9 Å². The van der Waals surface area contributed by atoms with Gasteiger partial charge in [-0.2, -0.15) is 0 Å². The lowest BCUT2D eigenvalue weighted by Gasteiger charge is -2.22. The lowest BCUT2D eigenvalue weighted by molar-refractivity contribution is -0.143. The van der Waals surface area contributed by atoms with E-state index in [9.17, 15) is 19.8 Å². The van der Waals surface area contributed by atoms with E-state index in [2.05, 4.69) is 67.8 Å². The van der Waals surface area contributed by atoms with Gasteiger partial charge in [0.2, 0.25) is 5.91 Å². The molecule has 524 valence electrons. The maximum absolute atomic E-state index is 12.5.